The van der Waals surface area contributed by atoms with Crippen molar-refractivity contribution in [3.63, 3.8) is 0 Å². The van der Waals surface area contributed by atoms with Crippen LogP contribution in [0.25, 0.3) is 0 Å². The quantitative estimate of drug-likeness (QED) is 0.851. The molecule has 0 fully saturated rings. The Kier molecular flexibility index (Phi) is 3.96. The lowest BCUT2D eigenvalue weighted by Gasteiger charge is -2.08. The van der Waals surface area contributed by atoms with Crippen LogP contribution in [0.2, 0.25) is 0 Å². The number of benzene rings is 1. The van der Waals surface area contributed by atoms with Crippen LogP contribution >= 0.6 is 15.9 Å². The number of hydrogen-bond donors (Lipinski definition) is 1. The Morgan fingerprint density at radius 3 is 2.69 bits per heavy atom. The summed E-state index contributed by atoms with van der Waals surface area (Å²) in [6, 6.07) is 3.46. The molecule has 84 valence electrons. The predicted octanol–water partition coefficient (Wildman–Crippen LogP) is 2.83. The van der Waals surface area contributed by atoms with Gasteiger partial charge in [-0.1, -0.05) is 0 Å². The molecular formula is C10H7BrF2N2O. The van der Waals surface area contributed by atoms with Gasteiger partial charge < -0.3 is 5.32 Å². The van der Waals surface area contributed by atoms with E-state index in [4.69, 9.17) is 5.26 Å². The van der Waals surface area contributed by atoms with E-state index in [1.807, 2.05) is 0 Å². The standard InChI is InChI=1S/C10H7BrF2N2O/c1-5(4-14)10(16)15-9-2-6(11)7(12)3-8(9)13/h2-3,5H,1H3,(H,15,16). The van der Waals surface area contributed by atoms with Gasteiger partial charge in [-0.3, -0.25) is 4.79 Å². The van der Waals surface area contributed by atoms with Crippen LogP contribution in [0.1, 0.15) is 6.92 Å². The minimum atomic E-state index is -0.900. The van der Waals surface area contributed by atoms with Gasteiger partial charge in [0.25, 0.3) is 0 Å². The Bertz CT molecular complexity index is 471. The van der Waals surface area contributed by atoms with Crippen LogP contribution < -0.4 is 5.32 Å². The molecular weight excluding hydrogens is 282 g/mol. The molecule has 1 unspecified atom stereocenters. The zero-order chi connectivity index (χ0) is 12.3. The fourth-order valence-corrected chi connectivity index (χ4v) is 1.26. The van der Waals surface area contributed by atoms with E-state index in [2.05, 4.69) is 21.2 Å². The van der Waals surface area contributed by atoms with Gasteiger partial charge in [-0.05, 0) is 28.9 Å². The highest BCUT2D eigenvalue weighted by atomic mass is 79.9. The summed E-state index contributed by atoms with van der Waals surface area (Å²) in [5, 5.41) is 10.7. The summed E-state index contributed by atoms with van der Waals surface area (Å²) in [7, 11) is 0. The summed E-state index contributed by atoms with van der Waals surface area (Å²) < 4.78 is 26.1. The van der Waals surface area contributed by atoms with Crippen molar-refractivity contribution >= 4 is 27.5 Å². The van der Waals surface area contributed by atoms with Crippen molar-refractivity contribution in [3.8, 4) is 6.07 Å². The maximum absolute atomic E-state index is 13.2. The van der Waals surface area contributed by atoms with Gasteiger partial charge >= 0.3 is 0 Å². The van der Waals surface area contributed by atoms with E-state index in [1.165, 1.54) is 6.92 Å². The summed E-state index contributed by atoms with van der Waals surface area (Å²) in [5.41, 5.74) is -0.166. The van der Waals surface area contributed by atoms with Gasteiger partial charge in [0.1, 0.15) is 17.6 Å². The Morgan fingerprint density at radius 1 is 1.50 bits per heavy atom. The molecule has 1 aromatic carbocycles. The van der Waals surface area contributed by atoms with E-state index in [9.17, 15) is 13.6 Å². The molecule has 0 radical (unpaired) electrons. The average molecular weight is 289 g/mol. The minimum Gasteiger partial charge on any atom is -0.322 e. The van der Waals surface area contributed by atoms with Crippen molar-refractivity contribution in [3.05, 3.63) is 28.2 Å². The van der Waals surface area contributed by atoms with Crippen molar-refractivity contribution in [1.82, 2.24) is 0 Å². The van der Waals surface area contributed by atoms with Gasteiger partial charge in [0.15, 0.2) is 0 Å². The highest BCUT2D eigenvalue weighted by molar-refractivity contribution is 9.10. The number of anilines is 1. The van der Waals surface area contributed by atoms with E-state index in [1.54, 1.807) is 6.07 Å². The molecule has 0 bridgehead atoms. The van der Waals surface area contributed by atoms with E-state index >= 15 is 0 Å². The molecule has 1 atom stereocenters. The lowest BCUT2D eigenvalue weighted by atomic mass is 10.2. The minimum absolute atomic E-state index is 0.0359. The molecule has 1 N–H and O–H groups in total. The molecule has 0 saturated heterocycles. The lowest BCUT2D eigenvalue weighted by Crippen LogP contribution is -2.19. The number of carbonyl (C=O) groups excluding carboxylic acids is 1. The van der Waals surface area contributed by atoms with Crippen LogP contribution in [0, 0.1) is 28.9 Å². The number of hydrogen-bond acceptors (Lipinski definition) is 2. The first-order chi connectivity index (χ1) is 7.45. The molecule has 0 aromatic heterocycles. The molecule has 6 heteroatoms. The van der Waals surface area contributed by atoms with Crippen molar-refractivity contribution in [1.29, 1.82) is 5.26 Å². The molecule has 1 amide bonds. The maximum Gasteiger partial charge on any atom is 0.241 e. The van der Waals surface area contributed by atoms with Crippen molar-refractivity contribution < 1.29 is 13.6 Å². The molecule has 3 nitrogen and oxygen atoms in total. The lowest BCUT2D eigenvalue weighted by molar-refractivity contribution is -0.117. The Hall–Kier alpha value is -1.48. The SMILES string of the molecule is CC(C#N)C(=O)Nc1cc(Br)c(F)cc1F. The molecule has 16 heavy (non-hydrogen) atoms. The molecule has 0 aliphatic heterocycles. The number of nitrogens with zero attached hydrogens (tertiary/aromatic N) is 1. The molecule has 1 rings (SSSR count). The third-order valence-electron chi connectivity index (χ3n) is 1.85. The summed E-state index contributed by atoms with van der Waals surface area (Å²) in [5.74, 6) is -3.19. The Morgan fingerprint density at radius 2 is 2.12 bits per heavy atom. The van der Waals surface area contributed by atoms with Crippen LogP contribution in [-0.2, 0) is 4.79 Å². The van der Waals surface area contributed by atoms with Gasteiger partial charge in [-0.25, -0.2) is 8.78 Å². The van der Waals surface area contributed by atoms with E-state index in [0.717, 1.165) is 6.07 Å². The molecule has 0 spiro atoms. The second-order valence-corrected chi connectivity index (χ2v) is 3.94. The first-order valence-corrected chi connectivity index (χ1v) is 5.10. The van der Waals surface area contributed by atoms with Crippen LogP contribution in [-0.4, -0.2) is 5.91 Å². The second kappa shape index (κ2) is 5.03. The van der Waals surface area contributed by atoms with Crippen LogP contribution in [0.4, 0.5) is 14.5 Å². The summed E-state index contributed by atoms with van der Waals surface area (Å²) >= 11 is 2.87. The van der Waals surface area contributed by atoms with Crippen LogP contribution in [0.15, 0.2) is 16.6 Å². The first kappa shape index (κ1) is 12.6. The van der Waals surface area contributed by atoms with Crippen LogP contribution in [0.3, 0.4) is 0 Å². The predicted molar refractivity (Wildman–Crippen MR) is 57.5 cm³/mol. The molecule has 0 saturated carbocycles. The van der Waals surface area contributed by atoms with Gasteiger partial charge in [0.05, 0.1) is 16.2 Å². The Labute approximate surface area is 99.2 Å². The topological polar surface area (TPSA) is 52.9 Å². The number of nitriles is 1. The zero-order valence-corrected chi connectivity index (χ0v) is 9.81. The second-order valence-electron chi connectivity index (χ2n) is 3.09. The number of carbonyl (C=O) groups is 1. The number of rotatable bonds is 2. The molecule has 0 aliphatic rings. The van der Waals surface area contributed by atoms with Crippen molar-refractivity contribution in [2.24, 2.45) is 5.92 Å². The number of amides is 1. The number of halogens is 3. The fourth-order valence-electron chi connectivity index (χ4n) is 0.918. The van der Waals surface area contributed by atoms with E-state index in [-0.39, 0.29) is 10.2 Å². The summed E-state index contributed by atoms with van der Waals surface area (Å²) in [6.45, 7) is 1.38. The highest BCUT2D eigenvalue weighted by Gasteiger charge is 2.15. The largest absolute Gasteiger partial charge is 0.322 e. The normalized spacial score (nSPS) is 11.7. The first-order valence-electron chi connectivity index (χ1n) is 4.30. The summed E-state index contributed by atoms with van der Waals surface area (Å²) in [4.78, 5) is 11.3. The van der Waals surface area contributed by atoms with Crippen molar-refractivity contribution in [2.75, 3.05) is 5.32 Å². The monoisotopic (exact) mass is 288 g/mol. The molecule has 1 aromatic rings. The summed E-state index contributed by atoms with van der Waals surface area (Å²) in [6.07, 6.45) is 0. The van der Waals surface area contributed by atoms with Crippen LogP contribution in [0.5, 0.6) is 0 Å². The third-order valence-corrected chi connectivity index (χ3v) is 2.46. The van der Waals surface area contributed by atoms with E-state index < -0.39 is 23.5 Å². The van der Waals surface area contributed by atoms with E-state index in [0.29, 0.717) is 6.07 Å². The molecule has 0 aliphatic carbocycles. The highest BCUT2D eigenvalue weighted by Crippen LogP contribution is 2.23. The zero-order valence-electron chi connectivity index (χ0n) is 8.22. The van der Waals surface area contributed by atoms with Gasteiger partial charge in [0.2, 0.25) is 5.91 Å². The fraction of sp³-hybridized carbons (Fsp3) is 0.200. The Balaban J connectivity index is 2.95. The van der Waals surface area contributed by atoms with Crippen molar-refractivity contribution in [2.45, 2.75) is 6.92 Å². The maximum atomic E-state index is 13.2. The average Bonchev–Trinajstić information content (AvgIpc) is 2.24. The van der Waals surface area contributed by atoms with Gasteiger partial charge in [0, 0.05) is 6.07 Å². The number of nitrogens with one attached hydrogen (secondary N) is 1. The third kappa shape index (κ3) is 2.76. The smallest absolute Gasteiger partial charge is 0.241 e. The van der Waals surface area contributed by atoms with Gasteiger partial charge in [-0.15, -0.1) is 0 Å². The van der Waals surface area contributed by atoms with Gasteiger partial charge in [-0.2, -0.15) is 5.26 Å². The molecule has 0 heterocycles.